The van der Waals surface area contributed by atoms with E-state index in [1.54, 1.807) is 0 Å². The van der Waals surface area contributed by atoms with Crippen LogP contribution in [0.1, 0.15) is 23.0 Å². The molecule has 2 N–H and O–H groups in total. The van der Waals surface area contributed by atoms with Gasteiger partial charge >= 0.3 is 0 Å². The Balaban J connectivity index is 1.79. The van der Waals surface area contributed by atoms with Crippen LogP contribution in [0, 0.1) is 0 Å². The smallest absolute Gasteiger partial charge is 0.264 e. The molecule has 0 aromatic carbocycles. The predicted molar refractivity (Wildman–Crippen MR) is 89.8 cm³/mol. The molecule has 0 aliphatic carbocycles. The maximum atomic E-state index is 5.81. The summed E-state index contributed by atoms with van der Waals surface area (Å²) >= 11 is 0. The van der Waals surface area contributed by atoms with Gasteiger partial charge in [0.25, 0.3) is 21.7 Å². The molecular weight excluding hydrogens is 304 g/mol. The lowest BCUT2D eigenvalue weighted by atomic mass is 10.3. The molecule has 0 amide bonds. The third kappa shape index (κ3) is 2.44. The minimum absolute atomic E-state index is 0.761. The van der Waals surface area contributed by atoms with Gasteiger partial charge in [-0.05, 0) is 24.3 Å². The van der Waals surface area contributed by atoms with Crippen LogP contribution in [0.3, 0.4) is 0 Å². The molecule has 0 saturated carbocycles. The lowest BCUT2D eigenvalue weighted by Gasteiger charge is -1.84. The number of furan rings is 4. The number of rotatable bonds is 0. The molecule has 0 saturated heterocycles. The molecule has 1 aliphatic rings. The van der Waals surface area contributed by atoms with E-state index in [9.17, 15) is 0 Å². The first-order valence-electron chi connectivity index (χ1n) is 7.66. The van der Waals surface area contributed by atoms with Crippen molar-refractivity contribution >= 4 is 24.3 Å². The van der Waals surface area contributed by atoms with Gasteiger partial charge in [0.2, 0.25) is 0 Å². The van der Waals surface area contributed by atoms with Crippen molar-refractivity contribution < 1.29 is 17.7 Å². The van der Waals surface area contributed by atoms with E-state index >= 15 is 0 Å². The fourth-order valence-electron chi connectivity index (χ4n) is 2.74. The molecular formula is C20H14O4+2. The maximum Gasteiger partial charge on any atom is 0.264 e. The quantitative estimate of drug-likeness (QED) is 0.410. The van der Waals surface area contributed by atoms with Crippen LogP contribution in [-0.4, -0.2) is 0 Å². The average molecular weight is 318 g/mol. The van der Waals surface area contributed by atoms with Crippen LogP contribution >= 0.6 is 0 Å². The molecule has 1 aliphatic heterocycles. The first-order valence-corrected chi connectivity index (χ1v) is 7.66. The van der Waals surface area contributed by atoms with Crippen LogP contribution in [0.5, 0.6) is 0 Å². The van der Waals surface area contributed by atoms with E-state index < -0.39 is 0 Å². The Morgan fingerprint density at radius 2 is 0.708 bits per heavy atom. The highest BCUT2D eigenvalue weighted by Gasteiger charge is 2.05. The second-order valence-electron chi connectivity index (χ2n) is 5.65. The fraction of sp³-hybridized carbons (Fsp3) is 0. The van der Waals surface area contributed by atoms with Gasteiger partial charge in [-0.25, -0.2) is 0 Å². The zero-order chi connectivity index (χ0) is 15.9. The fourth-order valence-corrected chi connectivity index (χ4v) is 2.74. The molecule has 5 heterocycles. The highest BCUT2D eigenvalue weighted by atomic mass is 16.4. The first-order chi connectivity index (χ1) is 11.8. The van der Waals surface area contributed by atoms with Crippen LogP contribution in [0.2, 0.25) is 0 Å². The molecule has 4 aromatic heterocycles. The largest absolute Gasteiger partial charge is 0.546 e. The molecule has 0 unspecified atom stereocenters. The summed E-state index contributed by atoms with van der Waals surface area (Å²) in [7, 11) is 0. The van der Waals surface area contributed by atoms with Gasteiger partial charge in [0, 0.05) is 24.3 Å². The van der Waals surface area contributed by atoms with Gasteiger partial charge in [-0.1, -0.05) is 0 Å². The van der Waals surface area contributed by atoms with Gasteiger partial charge < -0.3 is 17.7 Å². The van der Waals surface area contributed by atoms with Crippen molar-refractivity contribution in [2.24, 2.45) is 0 Å². The van der Waals surface area contributed by atoms with Gasteiger partial charge in [-0.3, -0.25) is 0 Å². The van der Waals surface area contributed by atoms with E-state index in [0.29, 0.717) is 0 Å². The molecule has 0 fully saturated rings. The minimum Gasteiger partial charge on any atom is -0.546 e. The summed E-state index contributed by atoms with van der Waals surface area (Å²) in [6.07, 6.45) is 7.63. The van der Waals surface area contributed by atoms with Crippen molar-refractivity contribution in [3.05, 3.63) is 93.2 Å². The highest BCUT2D eigenvalue weighted by molar-refractivity contribution is 5.50. The molecule has 24 heavy (non-hydrogen) atoms. The topological polar surface area (TPSA) is 51.9 Å². The van der Waals surface area contributed by atoms with Crippen molar-refractivity contribution in [1.29, 1.82) is 0 Å². The monoisotopic (exact) mass is 318 g/mol. The minimum atomic E-state index is 0.761. The summed E-state index contributed by atoms with van der Waals surface area (Å²) < 4.78 is 20.7. The molecule has 116 valence electrons. The second kappa shape index (κ2) is 5.06. The highest BCUT2D eigenvalue weighted by Crippen LogP contribution is 2.10. The second-order valence-corrected chi connectivity index (χ2v) is 5.65. The van der Waals surface area contributed by atoms with E-state index in [-0.39, 0.29) is 0 Å². The molecule has 4 nitrogen and oxygen atoms in total. The molecule has 5 rings (SSSR count). The number of hydrogen-bond donors (Lipinski definition) is 0. The van der Waals surface area contributed by atoms with Gasteiger partial charge in [-0.2, -0.15) is 0 Å². The van der Waals surface area contributed by atoms with Gasteiger partial charge in [-0.15, -0.1) is 0 Å². The Morgan fingerprint density at radius 1 is 0.417 bits per heavy atom. The Bertz CT molecular complexity index is 1070. The summed E-state index contributed by atoms with van der Waals surface area (Å²) in [6.45, 7) is 0. The molecule has 0 atom stereocenters. The van der Waals surface area contributed by atoms with E-state index in [4.69, 9.17) is 8.83 Å². The average Bonchev–Trinajstić information content (AvgIpc) is 3.32. The number of fused-ring (bicyclic) bond motifs is 8. The van der Waals surface area contributed by atoms with Gasteiger partial charge in [0.15, 0.2) is 0 Å². The molecule has 8 bridgehead atoms. The van der Waals surface area contributed by atoms with Crippen LogP contribution in [0.25, 0.3) is 24.3 Å². The standard InChI is InChI=1S/C20H12O4/c1-2-14-10-16-5-6-18(23-16)12-20-8-7-19(24-20)11-17-4-3-15(22-17)9-13(1)21-14/h1-12H/p+2/b13-9-,14-10-,15-9?,16-10?,17-11?,18-12?,19-11-,20-12-. The lowest BCUT2D eigenvalue weighted by molar-refractivity contribution is 0.486. The maximum absolute atomic E-state index is 5.81. The van der Waals surface area contributed by atoms with E-state index in [1.165, 1.54) is 0 Å². The lowest BCUT2D eigenvalue weighted by Crippen LogP contribution is -2.00. The summed E-state index contributed by atoms with van der Waals surface area (Å²) in [5, 5.41) is 0. The van der Waals surface area contributed by atoms with Crippen LogP contribution in [-0.2, 0) is 0 Å². The molecule has 4 heteroatoms. The summed E-state index contributed by atoms with van der Waals surface area (Å²) in [6, 6.07) is 15.5. The van der Waals surface area contributed by atoms with E-state index in [2.05, 4.69) is 8.83 Å². The molecule has 4 aromatic rings. The Kier molecular flexibility index (Phi) is 2.76. The van der Waals surface area contributed by atoms with Crippen molar-refractivity contribution in [2.75, 3.05) is 0 Å². The zero-order valence-electron chi connectivity index (χ0n) is 12.6. The Morgan fingerprint density at radius 3 is 1.00 bits per heavy atom. The third-order valence-corrected chi connectivity index (χ3v) is 3.82. The summed E-state index contributed by atoms with van der Waals surface area (Å²) in [5.74, 6) is 3.04. The predicted octanol–water partition coefficient (Wildman–Crippen LogP) is 1.91. The van der Waals surface area contributed by atoms with E-state index in [1.807, 2.05) is 72.8 Å². The van der Waals surface area contributed by atoms with Crippen LogP contribution in [0.15, 0.2) is 66.2 Å². The first kappa shape index (κ1) is 13.1. The Hall–Kier alpha value is -3.40. The summed E-state index contributed by atoms with van der Waals surface area (Å²) in [4.78, 5) is 0. The molecule has 0 radical (unpaired) electrons. The van der Waals surface area contributed by atoms with Crippen molar-refractivity contribution in [2.45, 2.75) is 0 Å². The van der Waals surface area contributed by atoms with E-state index in [0.717, 1.165) is 44.7 Å². The van der Waals surface area contributed by atoms with Crippen LogP contribution < -0.4 is 21.7 Å². The normalized spacial score (nSPS) is 18.3. The SMILES string of the molecule is C1=c2/cc/c([oH+]2)=C/c2ccc(o2)/C=c2/cc/c([oH+]2)=C/c2ccc/1o2. The van der Waals surface area contributed by atoms with Gasteiger partial charge in [0.1, 0.15) is 23.0 Å². The van der Waals surface area contributed by atoms with Crippen LogP contribution in [0.4, 0.5) is 0 Å². The molecule has 0 spiro atoms. The number of hydrogen-bond acceptors (Lipinski definition) is 2. The third-order valence-electron chi connectivity index (χ3n) is 3.82. The van der Waals surface area contributed by atoms with Gasteiger partial charge in [0.05, 0.1) is 24.3 Å². The Labute approximate surface area is 135 Å². The summed E-state index contributed by atoms with van der Waals surface area (Å²) in [5.41, 5.74) is 3.39. The van der Waals surface area contributed by atoms with Crippen molar-refractivity contribution in [1.82, 2.24) is 0 Å². The van der Waals surface area contributed by atoms with Crippen molar-refractivity contribution in [3.63, 3.8) is 0 Å². The zero-order valence-corrected chi connectivity index (χ0v) is 12.6. The van der Waals surface area contributed by atoms with Crippen molar-refractivity contribution in [3.8, 4) is 0 Å².